The van der Waals surface area contributed by atoms with Gasteiger partial charge >= 0.3 is 0 Å². The Hall–Kier alpha value is -2.50. The molecule has 1 atom stereocenters. The second kappa shape index (κ2) is 8.56. The number of aromatic nitrogens is 2. The van der Waals surface area contributed by atoms with Gasteiger partial charge in [-0.2, -0.15) is 5.26 Å². The van der Waals surface area contributed by atoms with Crippen molar-refractivity contribution in [2.75, 3.05) is 18.2 Å². The SMILES string of the molecule is COc1ccc2nc(SCC(=O)Nc3sc4c(c3C#N)CC[C@H](C(C)(C)C)C4)[nH]c2c1. The van der Waals surface area contributed by atoms with Crippen molar-refractivity contribution in [3.8, 4) is 11.8 Å². The molecule has 6 nitrogen and oxygen atoms in total. The number of hydrogen-bond donors (Lipinski definition) is 2. The predicted molar refractivity (Wildman–Crippen MR) is 126 cm³/mol. The summed E-state index contributed by atoms with van der Waals surface area (Å²) in [5, 5.41) is 14.0. The second-order valence-electron chi connectivity index (χ2n) is 8.89. The molecule has 0 radical (unpaired) electrons. The largest absolute Gasteiger partial charge is 0.497 e. The first-order valence-electron chi connectivity index (χ1n) is 10.3. The standard InChI is InChI=1S/C23H26N4O2S2/c1-23(2,3)13-5-7-15-16(11-24)21(31-19(15)9-13)27-20(28)12-30-22-25-17-8-6-14(29-4)10-18(17)26-22/h6,8,10,13H,5,7,9,12H2,1-4H3,(H,25,26)(H,27,28)/t13-/m0/s1. The molecule has 0 fully saturated rings. The van der Waals surface area contributed by atoms with Crippen molar-refractivity contribution in [1.82, 2.24) is 9.97 Å². The summed E-state index contributed by atoms with van der Waals surface area (Å²) in [6.45, 7) is 6.82. The number of carbonyl (C=O) groups excluding carboxylic acids is 1. The number of methoxy groups -OCH3 is 1. The lowest BCUT2D eigenvalue weighted by Gasteiger charge is -2.33. The first-order valence-corrected chi connectivity index (χ1v) is 12.1. The highest BCUT2D eigenvalue weighted by Crippen LogP contribution is 2.44. The minimum absolute atomic E-state index is 0.134. The van der Waals surface area contributed by atoms with Crippen molar-refractivity contribution in [1.29, 1.82) is 5.26 Å². The van der Waals surface area contributed by atoms with E-state index < -0.39 is 0 Å². The van der Waals surface area contributed by atoms with Gasteiger partial charge in [0.15, 0.2) is 5.16 Å². The molecule has 1 aromatic carbocycles. The average molecular weight is 455 g/mol. The zero-order chi connectivity index (χ0) is 22.2. The van der Waals surface area contributed by atoms with Gasteiger partial charge in [-0.1, -0.05) is 32.5 Å². The Morgan fingerprint density at radius 2 is 2.26 bits per heavy atom. The zero-order valence-electron chi connectivity index (χ0n) is 18.2. The zero-order valence-corrected chi connectivity index (χ0v) is 19.8. The maximum atomic E-state index is 12.6. The van der Waals surface area contributed by atoms with Gasteiger partial charge in [0, 0.05) is 10.9 Å². The van der Waals surface area contributed by atoms with E-state index in [9.17, 15) is 10.1 Å². The van der Waals surface area contributed by atoms with E-state index in [1.165, 1.54) is 16.6 Å². The van der Waals surface area contributed by atoms with Gasteiger partial charge in [-0.25, -0.2) is 4.98 Å². The number of ether oxygens (including phenoxy) is 1. The molecular weight excluding hydrogens is 428 g/mol. The fraction of sp³-hybridized carbons (Fsp3) is 0.435. The minimum atomic E-state index is -0.134. The number of carbonyl (C=O) groups is 1. The molecule has 1 aliphatic carbocycles. The van der Waals surface area contributed by atoms with Crippen molar-refractivity contribution >= 4 is 45.0 Å². The van der Waals surface area contributed by atoms with Gasteiger partial charge in [-0.15, -0.1) is 11.3 Å². The lowest BCUT2D eigenvalue weighted by atomic mass is 9.72. The van der Waals surface area contributed by atoms with Crippen LogP contribution in [0.1, 0.15) is 43.2 Å². The number of benzene rings is 1. The molecule has 8 heteroatoms. The first kappa shape index (κ1) is 21.7. The van der Waals surface area contributed by atoms with Gasteiger partial charge in [0.1, 0.15) is 16.8 Å². The molecule has 162 valence electrons. The molecular formula is C23H26N4O2S2. The Balaban J connectivity index is 1.43. The van der Waals surface area contributed by atoms with Crippen LogP contribution in [0.15, 0.2) is 23.4 Å². The molecule has 1 aliphatic rings. The van der Waals surface area contributed by atoms with Gasteiger partial charge in [0.05, 0.1) is 29.5 Å². The number of aromatic amines is 1. The van der Waals surface area contributed by atoms with Gasteiger partial charge < -0.3 is 15.0 Å². The van der Waals surface area contributed by atoms with Crippen molar-refractivity contribution in [3.63, 3.8) is 0 Å². The molecule has 2 aromatic heterocycles. The average Bonchev–Trinajstić information content (AvgIpc) is 3.30. The molecule has 2 N–H and O–H groups in total. The summed E-state index contributed by atoms with van der Waals surface area (Å²) in [5.74, 6) is 1.43. The van der Waals surface area contributed by atoms with Crippen LogP contribution in [0.5, 0.6) is 5.75 Å². The Bertz CT molecular complexity index is 1170. The summed E-state index contributed by atoms with van der Waals surface area (Å²) >= 11 is 2.90. The molecule has 1 amide bonds. The Kier molecular flexibility index (Phi) is 6.00. The normalized spacial score (nSPS) is 16.0. The number of fused-ring (bicyclic) bond motifs is 2. The summed E-state index contributed by atoms with van der Waals surface area (Å²) in [5.41, 5.74) is 3.71. The monoisotopic (exact) mass is 454 g/mol. The number of anilines is 1. The van der Waals surface area contributed by atoms with Crippen molar-refractivity contribution in [3.05, 3.63) is 34.2 Å². The van der Waals surface area contributed by atoms with E-state index in [-0.39, 0.29) is 17.1 Å². The molecule has 3 aromatic rings. The highest BCUT2D eigenvalue weighted by atomic mass is 32.2. The fourth-order valence-electron chi connectivity index (χ4n) is 3.99. The number of nitrogens with one attached hydrogen (secondary N) is 2. The summed E-state index contributed by atoms with van der Waals surface area (Å²) in [7, 11) is 1.62. The van der Waals surface area contributed by atoms with E-state index in [1.807, 2.05) is 18.2 Å². The Labute approximate surface area is 190 Å². The molecule has 0 unspecified atom stereocenters. The number of hydrogen-bond acceptors (Lipinski definition) is 6. The topological polar surface area (TPSA) is 90.8 Å². The highest BCUT2D eigenvalue weighted by Gasteiger charge is 2.32. The summed E-state index contributed by atoms with van der Waals surface area (Å²) in [6.07, 6.45) is 2.97. The highest BCUT2D eigenvalue weighted by molar-refractivity contribution is 7.99. The van der Waals surface area contributed by atoms with E-state index in [0.717, 1.165) is 41.6 Å². The third-order valence-corrected chi connectivity index (χ3v) is 7.91. The number of amides is 1. The first-order chi connectivity index (χ1) is 14.8. The smallest absolute Gasteiger partial charge is 0.235 e. The van der Waals surface area contributed by atoms with Gasteiger partial charge in [0.2, 0.25) is 5.91 Å². The summed E-state index contributed by atoms with van der Waals surface area (Å²) in [4.78, 5) is 21.6. The van der Waals surface area contributed by atoms with Gasteiger partial charge in [-0.05, 0) is 48.3 Å². The molecule has 0 spiro atoms. The van der Waals surface area contributed by atoms with Gasteiger partial charge in [0.25, 0.3) is 0 Å². The van der Waals surface area contributed by atoms with E-state index >= 15 is 0 Å². The number of nitrogens with zero attached hydrogens (tertiary/aromatic N) is 2. The molecule has 2 heterocycles. The van der Waals surface area contributed by atoms with Crippen LogP contribution < -0.4 is 10.1 Å². The maximum Gasteiger partial charge on any atom is 0.235 e. The number of nitriles is 1. The Morgan fingerprint density at radius 3 is 2.97 bits per heavy atom. The van der Waals surface area contributed by atoms with Crippen LogP contribution in [0, 0.1) is 22.7 Å². The van der Waals surface area contributed by atoms with E-state index in [1.54, 1.807) is 18.4 Å². The van der Waals surface area contributed by atoms with Crippen LogP contribution in [-0.4, -0.2) is 28.7 Å². The van der Waals surface area contributed by atoms with Crippen LogP contribution in [-0.2, 0) is 17.6 Å². The third-order valence-electron chi connectivity index (χ3n) is 5.86. The third kappa shape index (κ3) is 4.58. The number of H-pyrrole nitrogens is 1. The predicted octanol–water partition coefficient (Wildman–Crippen LogP) is 5.39. The van der Waals surface area contributed by atoms with Crippen LogP contribution >= 0.6 is 23.1 Å². The molecule has 31 heavy (non-hydrogen) atoms. The molecule has 0 bridgehead atoms. The quantitative estimate of drug-likeness (QED) is 0.505. The lowest BCUT2D eigenvalue weighted by molar-refractivity contribution is -0.113. The van der Waals surface area contributed by atoms with Crippen molar-refractivity contribution < 1.29 is 9.53 Å². The van der Waals surface area contributed by atoms with Crippen molar-refractivity contribution in [2.45, 2.75) is 45.2 Å². The van der Waals surface area contributed by atoms with Crippen LogP contribution in [0.25, 0.3) is 11.0 Å². The summed E-state index contributed by atoms with van der Waals surface area (Å²) in [6, 6.07) is 7.95. The van der Waals surface area contributed by atoms with E-state index in [0.29, 0.717) is 21.6 Å². The number of thiophene rings is 1. The van der Waals surface area contributed by atoms with E-state index in [2.05, 4.69) is 42.1 Å². The van der Waals surface area contributed by atoms with Crippen molar-refractivity contribution in [2.24, 2.45) is 11.3 Å². The molecule has 0 aliphatic heterocycles. The lowest BCUT2D eigenvalue weighted by Crippen LogP contribution is -2.26. The Morgan fingerprint density at radius 1 is 1.45 bits per heavy atom. The fourth-order valence-corrected chi connectivity index (χ4v) is 5.97. The maximum absolute atomic E-state index is 12.6. The van der Waals surface area contributed by atoms with Crippen LogP contribution in [0.4, 0.5) is 5.00 Å². The van der Waals surface area contributed by atoms with Crippen LogP contribution in [0.3, 0.4) is 0 Å². The summed E-state index contributed by atoms with van der Waals surface area (Å²) < 4.78 is 5.23. The number of rotatable bonds is 5. The second-order valence-corrected chi connectivity index (χ2v) is 11.0. The minimum Gasteiger partial charge on any atom is -0.497 e. The molecule has 0 saturated carbocycles. The number of imidazole rings is 1. The molecule has 4 rings (SSSR count). The van der Waals surface area contributed by atoms with E-state index in [4.69, 9.17) is 4.74 Å². The number of thioether (sulfide) groups is 1. The van der Waals surface area contributed by atoms with Crippen LogP contribution in [0.2, 0.25) is 0 Å². The van der Waals surface area contributed by atoms with Gasteiger partial charge in [-0.3, -0.25) is 4.79 Å². The molecule has 0 saturated heterocycles.